The van der Waals surface area contributed by atoms with Gasteiger partial charge in [-0.15, -0.1) is 0 Å². The third-order valence-electron chi connectivity index (χ3n) is 4.12. The molecule has 0 saturated carbocycles. The van der Waals surface area contributed by atoms with E-state index in [4.69, 9.17) is 4.74 Å². The monoisotopic (exact) mass is 315 g/mol. The van der Waals surface area contributed by atoms with E-state index in [0.717, 1.165) is 22.1 Å². The van der Waals surface area contributed by atoms with Gasteiger partial charge in [0.2, 0.25) is 0 Å². The number of benzene rings is 2. The summed E-state index contributed by atoms with van der Waals surface area (Å²) in [5.41, 5.74) is 1.09. The number of ether oxygens (including phenoxy) is 1. The lowest BCUT2D eigenvalue weighted by molar-refractivity contribution is 0.0860. The molecule has 0 saturated heterocycles. The molecule has 23 heavy (non-hydrogen) atoms. The highest BCUT2D eigenvalue weighted by atomic mass is 16.5. The summed E-state index contributed by atoms with van der Waals surface area (Å²) in [6.07, 6.45) is -0.494. The first-order valence-corrected chi connectivity index (χ1v) is 8.18. The molecule has 2 rings (SSSR count). The van der Waals surface area contributed by atoms with E-state index in [1.807, 2.05) is 38.1 Å². The van der Waals surface area contributed by atoms with Gasteiger partial charge in [-0.2, -0.15) is 0 Å². The summed E-state index contributed by atoms with van der Waals surface area (Å²) in [4.78, 5) is 2.03. The summed E-state index contributed by atoms with van der Waals surface area (Å²) in [5, 5.41) is 12.7. The van der Waals surface area contributed by atoms with Crippen molar-refractivity contribution in [3.63, 3.8) is 0 Å². The van der Waals surface area contributed by atoms with Crippen molar-refractivity contribution in [3.8, 4) is 5.75 Å². The first-order valence-electron chi connectivity index (χ1n) is 8.18. The zero-order valence-corrected chi connectivity index (χ0v) is 15.1. The van der Waals surface area contributed by atoms with Crippen LogP contribution >= 0.6 is 0 Å². The number of hydrogen-bond donors (Lipinski definition) is 1. The lowest BCUT2D eigenvalue weighted by Gasteiger charge is -2.25. The quantitative estimate of drug-likeness (QED) is 0.895. The molecule has 0 amide bonds. The molecular weight excluding hydrogens is 286 g/mol. The van der Waals surface area contributed by atoms with Gasteiger partial charge in [0, 0.05) is 6.04 Å². The molecule has 126 valence electrons. The van der Waals surface area contributed by atoms with E-state index in [-0.39, 0.29) is 11.5 Å². The molecule has 0 heterocycles. The van der Waals surface area contributed by atoms with Crippen LogP contribution in [0.5, 0.6) is 5.75 Å². The van der Waals surface area contributed by atoms with Crippen LogP contribution in [-0.4, -0.2) is 36.8 Å². The molecule has 2 aromatic rings. The fourth-order valence-corrected chi connectivity index (χ4v) is 2.38. The minimum Gasteiger partial charge on any atom is -0.493 e. The van der Waals surface area contributed by atoms with Gasteiger partial charge in [-0.3, -0.25) is 0 Å². The molecule has 2 aromatic carbocycles. The SMILES string of the molecule is CC(C(O)c1ccc2cc(OCC(C)(C)C)ccc2c1)N(C)C. The normalized spacial score (nSPS) is 15.0. The van der Waals surface area contributed by atoms with Crippen molar-refractivity contribution in [1.82, 2.24) is 4.90 Å². The molecule has 0 fully saturated rings. The molecular formula is C20H29NO2. The second kappa shape index (κ2) is 6.90. The zero-order valence-electron chi connectivity index (χ0n) is 15.1. The number of rotatable bonds is 5. The van der Waals surface area contributed by atoms with Crippen LogP contribution in [0.2, 0.25) is 0 Å². The maximum atomic E-state index is 10.5. The van der Waals surface area contributed by atoms with Crippen LogP contribution in [0.15, 0.2) is 36.4 Å². The Bertz CT molecular complexity index is 658. The number of aliphatic hydroxyl groups is 1. The summed E-state index contributed by atoms with van der Waals surface area (Å²) in [6.45, 7) is 9.20. The van der Waals surface area contributed by atoms with E-state index >= 15 is 0 Å². The van der Waals surface area contributed by atoms with Crippen LogP contribution < -0.4 is 4.74 Å². The average molecular weight is 315 g/mol. The molecule has 2 atom stereocenters. The largest absolute Gasteiger partial charge is 0.493 e. The molecule has 0 spiro atoms. The first-order chi connectivity index (χ1) is 10.7. The van der Waals surface area contributed by atoms with Crippen LogP contribution in [-0.2, 0) is 0 Å². The molecule has 2 unspecified atom stereocenters. The maximum absolute atomic E-state index is 10.5. The van der Waals surface area contributed by atoms with E-state index in [2.05, 4.69) is 45.0 Å². The Kier molecular flexibility index (Phi) is 5.33. The summed E-state index contributed by atoms with van der Waals surface area (Å²) in [5.74, 6) is 0.891. The molecule has 1 N–H and O–H groups in total. The highest BCUT2D eigenvalue weighted by Gasteiger charge is 2.18. The molecule has 0 aromatic heterocycles. The van der Waals surface area contributed by atoms with Crippen molar-refractivity contribution in [2.24, 2.45) is 5.41 Å². The van der Waals surface area contributed by atoms with Crippen molar-refractivity contribution < 1.29 is 9.84 Å². The molecule has 3 nitrogen and oxygen atoms in total. The number of likely N-dealkylation sites (N-methyl/N-ethyl adjacent to an activating group) is 1. The zero-order chi connectivity index (χ0) is 17.2. The van der Waals surface area contributed by atoms with Gasteiger partial charge in [-0.05, 0) is 61.0 Å². The minimum absolute atomic E-state index is 0.0712. The van der Waals surface area contributed by atoms with Crippen LogP contribution in [0, 0.1) is 5.41 Å². The molecule has 0 aliphatic carbocycles. The van der Waals surface area contributed by atoms with Gasteiger partial charge < -0.3 is 14.7 Å². The smallest absolute Gasteiger partial charge is 0.119 e. The minimum atomic E-state index is -0.494. The summed E-state index contributed by atoms with van der Waals surface area (Å²) >= 11 is 0. The van der Waals surface area contributed by atoms with Gasteiger partial charge in [-0.1, -0.05) is 39.0 Å². The van der Waals surface area contributed by atoms with Crippen molar-refractivity contribution in [1.29, 1.82) is 0 Å². The highest BCUT2D eigenvalue weighted by Crippen LogP contribution is 2.27. The second-order valence-corrected chi connectivity index (χ2v) is 7.77. The van der Waals surface area contributed by atoms with Crippen molar-refractivity contribution in [2.45, 2.75) is 39.8 Å². The predicted molar refractivity (Wildman–Crippen MR) is 97.0 cm³/mol. The van der Waals surface area contributed by atoms with Crippen LogP contribution in [0.3, 0.4) is 0 Å². The van der Waals surface area contributed by atoms with E-state index in [1.165, 1.54) is 0 Å². The Morgan fingerprint density at radius 2 is 1.65 bits per heavy atom. The Morgan fingerprint density at radius 3 is 2.26 bits per heavy atom. The summed E-state index contributed by atoms with van der Waals surface area (Å²) in [6, 6.07) is 12.3. The average Bonchev–Trinajstić information content (AvgIpc) is 2.50. The number of hydrogen-bond acceptors (Lipinski definition) is 3. The fourth-order valence-electron chi connectivity index (χ4n) is 2.38. The maximum Gasteiger partial charge on any atom is 0.119 e. The van der Waals surface area contributed by atoms with Crippen LogP contribution in [0.25, 0.3) is 10.8 Å². The fraction of sp³-hybridized carbons (Fsp3) is 0.500. The third kappa shape index (κ3) is 4.69. The number of fused-ring (bicyclic) bond motifs is 1. The summed E-state index contributed by atoms with van der Waals surface area (Å²) in [7, 11) is 3.96. The highest BCUT2D eigenvalue weighted by molar-refractivity contribution is 5.84. The number of nitrogens with zero attached hydrogens (tertiary/aromatic N) is 1. The standard InChI is InChI=1S/C20H29NO2/c1-14(21(5)6)19(22)17-8-7-16-12-18(10-9-15(16)11-17)23-13-20(2,3)4/h7-12,14,19,22H,13H2,1-6H3. The van der Waals surface area contributed by atoms with E-state index in [1.54, 1.807) is 0 Å². The molecule has 0 aliphatic heterocycles. The Hall–Kier alpha value is -1.58. The van der Waals surface area contributed by atoms with Gasteiger partial charge in [0.1, 0.15) is 5.75 Å². The van der Waals surface area contributed by atoms with Gasteiger partial charge in [0.05, 0.1) is 12.7 Å². The summed E-state index contributed by atoms with van der Waals surface area (Å²) < 4.78 is 5.87. The number of aliphatic hydroxyl groups excluding tert-OH is 1. The first kappa shape index (κ1) is 17.8. The van der Waals surface area contributed by atoms with Gasteiger partial charge in [0.15, 0.2) is 0 Å². The van der Waals surface area contributed by atoms with E-state index in [0.29, 0.717) is 6.61 Å². The van der Waals surface area contributed by atoms with Crippen LogP contribution in [0.1, 0.15) is 39.4 Å². The lowest BCUT2D eigenvalue weighted by Crippen LogP contribution is -2.30. The Balaban J connectivity index is 2.22. The lowest BCUT2D eigenvalue weighted by atomic mass is 9.98. The topological polar surface area (TPSA) is 32.7 Å². The third-order valence-corrected chi connectivity index (χ3v) is 4.12. The van der Waals surface area contributed by atoms with Crippen molar-refractivity contribution in [3.05, 3.63) is 42.0 Å². The van der Waals surface area contributed by atoms with Crippen molar-refractivity contribution >= 4 is 10.8 Å². The van der Waals surface area contributed by atoms with Gasteiger partial charge >= 0.3 is 0 Å². The van der Waals surface area contributed by atoms with Crippen LogP contribution in [0.4, 0.5) is 0 Å². The molecule has 0 bridgehead atoms. The second-order valence-electron chi connectivity index (χ2n) is 7.77. The van der Waals surface area contributed by atoms with E-state index < -0.39 is 6.10 Å². The Labute approximate surface area is 139 Å². The van der Waals surface area contributed by atoms with Crippen molar-refractivity contribution in [2.75, 3.05) is 20.7 Å². The van der Waals surface area contributed by atoms with Gasteiger partial charge in [0.25, 0.3) is 0 Å². The predicted octanol–water partition coefficient (Wildman–Crippen LogP) is 4.25. The Morgan fingerprint density at radius 1 is 1.04 bits per heavy atom. The molecule has 0 aliphatic rings. The molecule has 0 radical (unpaired) electrons. The van der Waals surface area contributed by atoms with Gasteiger partial charge in [-0.25, -0.2) is 0 Å². The molecule has 3 heteroatoms. The van der Waals surface area contributed by atoms with E-state index in [9.17, 15) is 5.11 Å².